The minimum absolute atomic E-state index is 0.0935. The monoisotopic (exact) mass is 561 g/mol. The van der Waals surface area contributed by atoms with Crippen molar-refractivity contribution in [2.24, 2.45) is 11.3 Å². The Balaban J connectivity index is 1.43. The second-order valence-electron chi connectivity index (χ2n) is 15.2. The Morgan fingerprint density at radius 1 is 1.20 bits per heavy atom. The standard InChI is InChI=1S/C36H43N3OSi/c1-24-11-14-41(21-24)22-27-20-39-13-12-35(5,6)29-15-25(16-30(33(29)39)36(27,7)23-41)9-10-28-17-26(31(19-37)38-8)18-32(40-28)34(2,3)4/h9-11,15-18,27H,12-14,20-23H2,1-7H3/b10-9+,31-26+. The first-order valence-corrected chi connectivity index (χ1v) is 18.0. The maximum absolute atomic E-state index is 9.55. The Bertz CT molecular complexity index is 1550. The number of anilines is 1. The lowest BCUT2D eigenvalue weighted by Gasteiger charge is -2.51. The van der Waals surface area contributed by atoms with Crippen molar-refractivity contribution >= 4 is 19.8 Å². The highest BCUT2D eigenvalue weighted by Crippen LogP contribution is 2.62. The van der Waals surface area contributed by atoms with E-state index in [1.165, 1.54) is 54.0 Å². The summed E-state index contributed by atoms with van der Waals surface area (Å²) in [6.45, 7) is 25.9. The first-order valence-electron chi connectivity index (χ1n) is 15.2. The molecule has 1 spiro atoms. The Kier molecular flexibility index (Phi) is 6.37. The van der Waals surface area contributed by atoms with E-state index < -0.39 is 8.07 Å². The van der Waals surface area contributed by atoms with E-state index in [2.05, 4.69) is 88.6 Å². The highest BCUT2D eigenvalue weighted by atomic mass is 28.3. The summed E-state index contributed by atoms with van der Waals surface area (Å²) < 4.78 is 6.32. The summed E-state index contributed by atoms with van der Waals surface area (Å²) in [5.41, 5.74) is 8.26. The average molecular weight is 562 g/mol. The lowest BCUT2D eigenvalue weighted by atomic mass is 9.65. The lowest BCUT2D eigenvalue weighted by molar-refractivity contribution is 0.223. The van der Waals surface area contributed by atoms with Gasteiger partial charge in [-0.2, -0.15) is 0 Å². The summed E-state index contributed by atoms with van der Waals surface area (Å²) >= 11 is 0. The molecule has 1 fully saturated rings. The molecule has 0 aromatic heterocycles. The normalized spacial score (nSPS) is 31.0. The maximum atomic E-state index is 9.55. The van der Waals surface area contributed by atoms with Gasteiger partial charge < -0.3 is 9.64 Å². The zero-order chi connectivity index (χ0) is 29.4. The van der Waals surface area contributed by atoms with Crippen LogP contribution in [0.2, 0.25) is 24.2 Å². The zero-order valence-corrected chi connectivity index (χ0v) is 26.8. The van der Waals surface area contributed by atoms with E-state index in [0.717, 1.165) is 18.2 Å². The van der Waals surface area contributed by atoms with Crippen molar-refractivity contribution in [1.29, 1.82) is 5.26 Å². The Morgan fingerprint density at radius 3 is 2.61 bits per heavy atom. The van der Waals surface area contributed by atoms with E-state index >= 15 is 0 Å². The summed E-state index contributed by atoms with van der Waals surface area (Å²) in [5, 5.41) is 9.55. The van der Waals surface area contributed by atoms with Gasteiger partial charge in [-0.3, -0.25) is 0 Å². The van der Waals surface area contributed by atoms with Crippen LogP contribution < -0.4 is 4.90 Å². The predicted octanol–water partition coefficient (Wildman–Crippen LogP) is 9.04. The van der Waals surface area contributed by atoms with Gasteiger partial charge in [0.1, 0.15) is 11.5 Å². The van der Waals surface area contributed by atoms with E-state index in [0.29, 0.717) is 11.3 Å². The van der Waals surface area contributed by atoms with Gasteiger partial charge in [0.2, 0.25) is 0 Å². The fraction of sp³-hybridized carbons (Fsp3) is 0.500. The number of hydrogen-bond donors (Lipinski definition) is 0. The van der Waals surface area contributed by atoms with Crippen LogP contribution in [0.4, 0.5) is 5.69 Å². The van der Waals surface area contributed by atoms with Crippen molar-refractivity contribution in [2.45, 2.75) is 89.9 Å². The SMILES string of the molecule is [C-]#[N+]/C(C#N)=C1C=C(/C=C/c2cc3c4c(c2)C2(C)C[Si]5(CC=C(C)C5)CC2CN4CCC3(C)C)OC(C(C)(C)C)=C\1. The topological polar surface area (TPSA) is 40.6 Å². The fourth-order valence-electron chi connectivity index (χ4n) is 8.34. The van der Waals surface area contributed by atoms with Crippen LogP contribution in [-0.2, 0) is 15.6 Å². The van der Waals surface area contributed by atoms with Gasteiger partial charge in [-0.15, -0.1) is 0 Å². The van der Waals surface area contributed by atoms with Gasteiger partial charge in [0, 0.05) is 24.2 Å². The van der Waals surface area contributed by atoms with Crippen molar-refractivity contribution in [2.75, 3.05) is 18.0 Å². The molecule has 1 aromatic carbocycles. The number of fused-ring (bicyclic) bond motifs is 2. The molecule has 5 heterocycles. The smallest absolute Gasteiger partial charge is 0.269 e. The van der Waals surface area contributed by atoms with Crippen LogP contribution in [0.1, 0.15) is 71.6 Å². The number of rotatable bonds is 2. The van der Waals surface area contributed by atoms with Gasteiger partial charge in [-0.1, -0.05) is 65.3 Å². The molecule has 4 nitrogen and oxygen atoms in total. The number of nitriles is 1. The molecule has 0 bridgehead atoms. The quantitative estimate of drug-likeness (QED) is 0.157. The van der Waals surface area contributed by atoms with Crippen molar-refractivity contribution in [3.05, 3.63) is 92.9 Å². The van der Waals surface area contributed by atoms with Gasteiger partial charge in [0.05, 0.1) is 20.7 Å². The minimum atomic E-state index is -1.32. The molecular formula is C36H43N3OSi. The molecule has 3 unspecified atom stereocenters. The van der Waals surface area contributed by atoms with Gasteiger partial charge in [-0.25, -0.2) is 10.1 Å². The highest BCUT2D eigenvalue weighted by molar-refractivity contribution is 6.82. The average Bonchev–Trinajstić information content (AvgIpc) is 3.41. The summed E-state index contributed by atoms with van der Waals surface area (Å²) in [4.78, 5) is 6.20. The van der Waals surface area contributed by atoms with E-state index in [-0.39, 0.29) is 21.9 Å². The molecule has 1 aromatic rings. The van der Waals surface area contributed by atoms with Gasteiger partial charge in [0.25, 0.3) is 5.70 Å². The largest absolute Gasteiger partial charge is 0.461 e. The molecule has 0 aliphatic carbocycles. The molecule has 41 heavy (non-hydrogen) atoms. The predicted molar refractivity (Wildman–Crippen MR) is 171 cm³/mol. The van der Waals surface area contributed by atoms with Crippen LogP contribution in [0.3, 0.4) is 0 Å². The van der Waals surface area contributed by atoms with Crippen molar-refractivity contribution in [3.8, 4) is 6.07 Å². The second kappa shape index (κ2) is 9.37. The minimum Gasteiger partial charge on any atom is -0.461 e. The fourth-order valence-corrected chi connectivity index (χ4v) is 15.0. The number of hydrogen-bond acceptors (Lipinski definition) is 3. The van der Waals surface area contributed by atoms with Crippen molar-refractivity contribution < 1.29 is 4.74 Å². The van der Waals surface area contributed by atoms with Crippen LogP contribution in [-0.4, -0.2) is 21.2 Å². The van der Waals surface area contributed by atoms with Crippen LogP contribution >= 0.6 is 0 Å². The molecule has 0 N–H and O–H groups in total. The number of benzene rings is 1. The van der Waals surface area contributed by atoms with Gasteiger partial charge in [0.15, 0.2) is 0 Å². The van der Waals surface area contributed by atoms with E-state index in [1.807, 2.05) is 18.2 Å². The molecule has 6 rings (SSSR count). The number of allylic oxidation sites excluding steroid dienone is 8. The molecule has 0 amide bonds. The number of ether oxygens (including phenoxy) is 1. The number of nitrogens with zero attached hydrogens (tertiary/aromatic N) is 3. The molecule has 212 valence electrons. The molecule has 5 heteroatoms. The van der Waals surface area contributed by atoms with E-state index in [1.54, 1.807) is 11.1 Å². The Labute approximate surface area is 247 Å². The maximum Gasteiger partial charge on any atom is 0.269 e. The first-order chi connectivity index (χ1) is 19.3. The molecule has 3 atom stereocenters. The second-order valence-corrected chi connectivity index (χ2v) is 19.8. The van der Waals surface area contributed by atoms with E-state index in [4.69, 9.17) is 11.3 Å². The van der Waals surface area contributed by atoms with Crippen LogP contribution in [0, 0.1) is 29.2 Å². The molecular weight excluding hydrogens is 519 g/mol. The van der Waals surface area contributed by atoms with Crippen LogP contribution in [0.25, 0.3) is 10.9 Å². The zero-order valence-electron chi connectivity index (χ0n) is 25.8. The summed E-state index contributed by atoms with van der Waals surface area (Å²) in [6.07, 6.45) is 11.6. The Morgan fingerprint density at radius 2 is 1.95 bits per heavy atom. The van der Waals surface area contributed by atoms with Crippen LogP contribution in [0.5, 0.6) is 0 Å². The summed E-state index contributed by atoms with van der Waals surface area (Å²) in [7, 11) is -1.32. The van der Waals surface area contributed by atoms with Crippen molar-refractivity contribution in [3.63, 3.8) is 0 Å². The van der Waals surface area contributed by atoms with Crippen LogP contribution in [0.15, 0.2) is 64.8 Å². The van der Waals surface area contributed by atoms with E-state index in [9.17, 15) is 5.26 Å². The molecule has 0 saturated carbocycles. The van der Waals surface area contributed by atoms with Gasteiger partial charge in [-0.05, 0) is 101 Å². The molecule has 5 aliphatic rings. The molecule has 5 aliphatic heterocycles. The third-order valence-corrected chi connectivity index (χ3v) is 15.8. The first kappa shape index (κ1) is 27.9. The third kappa shape index (κ3) is 4.63. The third-order valence-electron chi connectivity index (χ3n) is 10.6. The lowest BCUT2D eigenvalue weighted by Crippen LogP contribution is -2.48. The molecule has 1 saturated heterocycles. The van der Waals surface area contributed by atoms with Crippen molar-refractivity contribution in [1.82, 2.24) is 0 Å². The molecule has 0 radical (unpaired) electrons. The summed E-state index contributed by atoms with van der Waals surface area (Å²) in [6, 6.07) is 12.6. The highest BCUT2D eigenvalue weighted by Gasteiger charge is 2.58. The van der Waals surface area contributed by atoms with Gasteiger partial charge >= 0.3 is 0 Å². The Hall–Kier alpha value is -3.28. The summed E-state index contributed by atoms with van der Waals surface area (Å²) in [5.74, 6) is 2.17.